The number of carbonyl (C=O) groups is 2. The highest BCUT2D eigenvalue weighted by Crippen LogP contribution is 2.29. The summed E-state index contributed by atoms with van der Waals surface area (Å²) < 4.78 is 53.9. The summed E-state index contributed by atoms with van der Waals surface area (Å²) in [7, 11) is 1.40. The van der Waals surface area contributed by atoms with Gasteiger partial charge in [-0.2, -0.15) is 4.31 Å². The van der Waals surface area contributed by atoms with Crippen LogP contribution in [0.25, 0.3) is 0 Å². The van der Waals surface area contributed by atoms with E-state index in [4.69, 9.17) is 9.47 Å². The van der Waals surface area contributed by atoms with Crippen LogP contribution in [0.5, 0.6) is 5.75 Å². The highest BCUT2D eigenvalue weighted by molar-refractivity contribution is 7.89. The Bertz CT molecular complexity index is 1420. The van der Waals surface area contributed by atoms with Gasteiger partial charge in [-0.1, -0.05) is 6.92 Å². The van der Waals surface area contributed by atoms with E-state index in [-0.39, 0.29) is 48.1 Å². The van der Waals surface area contributed by atoms with Crippen LogP contribution < -0.4 is 10.1 Å². The minimum Gasteiger partial charge on any atom is -0.490 e. The monoisotopic (exact) mass is 678 g/mol. The molecule has 262 valence electrons. The average molecular weight is 679 g/mol. The lowest BCUT2D eigenvalue weighted by molar-refractivity contribution is -0.116. The van der Waals surface area contributed by atoms with E-state index in [0.29, 0.717) is 43.7 Å². The van der Waals surface area contributed by atoms with Gasteiger partial charge < -0.3 is 29.7 Å². The number of sulfonamides is 1. The molecule has 2 amide bonds. The molecule has 11 nitrogen and oxygen atoms in total. The summed E-state index contributed by atoms with van der Waals surface area (Å²) in [6, 6.07) is 9.09. The summed E-state index contributed by atoms with van der Waals surface area (Å²) in [5.74, 6) is -1.07. The molecular weight excluding hydrogens is 627 g/mol. The Morgan fingerprint density at radius 2 is 1.83 bits per heavy atom. The third-order valence-electron chi connectivity index (χ3n) is 8.30. The summed E-state index contributed by atoms with van der Waals surface area (Å²) in [6.45, 7) is 6.52. The van der Waals surface area contributed by atoms with E-state index in [1.165, 1.54) is 28.4 Å². The molecule has 0 bridgehead atoms. The maximum Gasteiger partial charge on any atom is 0.258 e. The van der Waals surface area contributed by atoms with Gasteiger partial charge in [0, 0.05) is 44.8 Å². The Morgan fingerprint density at radius 1 is 1.13 bits per heavy atom. The van der Waals surface area contributed by atoms with Crippen LogP contribution in [-0.4, -0.2) is 112 Å². The predicted molar refractivity (Wildman–Crippen MR) is 180 cm³/mol. The van der Waals surface area contributed by atoms with E-state index in [1.807, 2.05) is 32.8 Å². The van der Waals surface area contributed by atoms with Gasteiger partial charge in [-0.3, -0.25) is 9.59 Å². The van der Waals surface area contributed by atoms with Crippen LogP contribution in [-0.2, 0) is 19.6 Å². The van der Waals surface area contributed by atoms with Crippen LogP contribution in [0.4, 0.5) is 10.1 Å². The first kappa shape index (κ1) is 38.3. The summed E-state index contributed by atoms with van der Waals surface area (Å²) in [6.07, 6.45) is 2.39. The molecule has 1 aliphatic heterocycles. The molecule has 1 aliphatic rings. The number of benzene rings is 2. The molecule has 0 unspecified atom stereocenters. The first-order valence-corrected chi connectivity index (χ1v) is 17.7. The highest BCUT2D eigenvalue weighted by Gasteiger charge is 2.32. The number of hydrogen-bond donors (Lipinski definition) is 2. The van der Waals surface area contributed by atoms with E-state index in [9.17, 15) is 27.5 Å². The van der Waals surface area contributed by atoms with Gasteiger partial charge in [-0.25, -0.2) is 12.8 Å². The summed E-state index contributed by atoms with van der Waals surface area (Å²) in [5.41, 5.74) is 0.712. The number of halogens is 1. The van der Waals surface area contributed by atoms with Gasteiger partial charge in [-0.15, -0.1) is 0 Å². The summed E-state index contributed by atoms with van der Waals surface area (Å²) >= 11 is 0. The quantitative estimate of drug-likeness (QED) is 0.362. The van der Waals surface area contributed by atoms with Gasteiger partial charge in [0.05, 0.1) is 35.3 Å². The Morgan fingerprint density at radius 3 is 2.49 bits per heavy atom. The van der Waals surface area contributed by atoms with Crippen LogP contribution in [0.1, 0.15) is 63.2 Å². The Balaban J connectivity index is 1.92. The molecule has 0 spiro atoms. The van der Waals surface area contributed by atoms with Crippen LogP contribution in [0.15, 0.2) is 47.4 Å². The molecule has 2 aromatic carbocycles. The van der Waals surface area contributed by atoms with E-state index in [0.717, 1.165) is 25.1 Å². The zero-order valence-electron chi connectivity index (χ0n) is 28.4. The Kier molecular flexibility index (Phi) is 14.6. The number of fused-ring (bicyclic) bond motifs is 1. The van der Waals surface area contributed by atoms with Crippen molar-refractivity contribution in [1.82, 2.24) is 14.1 Å². The zero-order valence-corrected chi connectivity index (χ0v) is 29.3. The van der Waals surface area contributed by atoms with Crippen molar-refractivity contribution in [3.8, 4) is 5.75 Å². The normalized spacial score (nSPS) is 20.8. The molecule has 0 fully saturated rings. The SMILES string of the molecule is C[C@@H]1CCCCO[C@@H](CN(C)S(=O)(=O)c2ccc(F)cc2)[C@H](C)CN([C@H](C)CO)C(=O)c2cc(NC(=O)CCCN(C)C)ccc2O1. The van der Waals surface area contributed by atoms with Crippen molar-refractivity contribution in [3.63, 3.8) is 0 Å². The van der Waals surface area contributed by atoms with Gasteiger partial charge in [0.15, 0.2) is 0 Å². The second kappa shape index (κ2) is 17.9. The van der Waals surface area contributed by atoms with Gasteiger partial charge >= 0.3 is 0 Å². The Hall–Kier alpha value is -3.10. The van der Waals surface area contributed by atoms with Crippen molar-refractivity contribution < 1.29 is 37.0 Å². The number of rotatable bonds is 11. The molecule has 0 aromatic heterocycles. The molecule has 3 rings (SSSR count). The third-order valence-corrected chi connectivity index (χ3v) is 10.1. The minimum absolute atomic E-state index is 0.00346. The fourth-order valence-corrected chi connectivity index (χ4v) is 6.56. The van der Waals surface area contributed by atoms with Crippen LogP contribution >= 0.6 is 0 Å². The number of amides is 2. The minimum atomic E-state index is -3.94. The molecule has 1 heterocycles. The topological polar surface area (TPSA) is 129 Å². The van der Waals surface area contributed by atoms with Gasteiger partial charge in [0.2, 0.25) is 15.9 Å². The molecular formula is C34H51FN4O7S. The average Bonchev–Trinajstić information content (AvgIpc) is 3.02. The lowest BCUT2D eigenvalue weighted by atomic mass is 10.0. The highest BCUT2D eigenvalue weighted by atomic mass is 32.2. The zero-order chi connectivity index (χ0) is 34.7. The van der Waals surface area contributed by atoms with E-state index >= 15 is 0 Å². The van der Waals surface area contributed by atoms with Gasteiger partial charge in [0.1, 0.15) is 11.6 Å². The first-order valence-electron chi connectivity index (χ1n) is 16.2. The molecule has 13 heteroatoms. The molecule has 4 atom stereocenters. The van der Waals surface area contributed by atoms with Gasteiger partial charge in [-0.05, 0) is 103 Å². The molecule has 0 saturated carbocycles. The van der Waals surface area contributed by atoms with E-state index < -0.39 is 33.9 Å². The van der Waals surface area contributed by atoms with Gasteiger partial charge in [0.25, 0.3) is 5.91 Å². The molecule has 0 aliphatic carbocycles. The number of ether oxygens (including phenoxy) is 2. The number of likely N-dealkylation sites (N-methyl/N-ethyl adjacent to an activating group) is 1. The second-order valence-electron chi connectivity index (χ2n) is 12.7. The Labute approximate surface area is 279 Å². The molecule has 0 saturated heterocycles. The number of carbonyl (C=O) groups excluding carboxylic acids is 2. The van der Waals surface area contributed by atoms with E-state index in [1.54, 1.807) is 25.1 Å². The van der Waals surface area contributed by atoms with Crippen molar-refractivity contribution in [2.75, 3.05) is 59.3 Å². The number of nitrogens with one attached hydrogen (secondary N) is 1. The van der Waals surface area contributed by atoms with Crippen molar-refractivity contribution in [2.45, 2.75) is 76.0 Å². The summed E-state index contributed by atoms with van der Waals surface area (Å²) in [4.78, 5) is 30.5. The number of hydrogen-bond acceptors (Lipinski definition) is 8. The molecule has 2 N–H and O–H groups in total. The van der Waals surface area contributed by atoms with Crippen molar-refractivity contribution in [3.05, 3.63) is 53.8 Å². The second-order valence-corrected chi connectivity index (χ2v) is 14.8. The van der Waals surface area contributed by atoms with Crippen LogP contribution in [0, 0.1) is 11.7 Å². The number of anilines is 1. The predicted octanol–water partition coefficient (Wildman–Crippen LogP) is 4.22. The van der Waals surface area contributed by atoms with Crippen molar-refractivity contribution in [2.24, 2.45) is 5.92 Å². The molecule has 2 aromatic rings. The molecule has 47 heavy (non-hydrogen) atoms. The lowest BCUT2D eigenvalue weighted by Gasteiger charge is -2.35. The fourth-order valence-electron chi connectivity index (χ4n) is 5.38. The van der Waals surface area contributed by atoms with Crippen LogP contribution in [0.2, 0.25) is 0 Å². The third kappa shape index (κ3) is 11.2. The van der Waals surface area contributed by atoms with Crippen molar-refractivity contribution in [1.29, 1.82) is 0 Å². The molecule has 0 radical (unpaired) electrons. The first-order chi connectivity index (χ1) is 22.2. The number of aliphatic hydroxyl groups is 1. The van der Waals surface area contributed by atoms with Crippen LogP contribution in [0.3, 0.4) is 0 Å². The standard InChI is InChI=1S/C34H51FN4O7S/c1-24-21-39(25(2)23-40)34(42)30-20-28(36-33(41)11-9-18-37(4)5)14-17-31(30)46-26(3)10-7-8-19-45-32(24)22-38(6)47(43,44)29-15-12-27(35)13-16-29/h12-17,20,24-26,32,40H,7-11,18-19,21-23H2,1-6H3,(H,36,41)/t24-,25-,26-,32+/m1/s1. The number of nitrogens with zero attached hydrogens (tertiary/aromatic N) is 3. The smallest absolute Gasteiger partial charge is 0.258 e. The van der Waals surface area contributed by atoms with E-state index in [2.05, 4.69) is 5.32 Å². The number of aliphatic hydroxyl groups excluding tert-OH is 1. The lowest BCUT2D eigenvalue weighted by Crippen LogP contribution is -2.48. The van der Waals surface area contributed by atoms with Crippen molar-refractivity contribution >= 4 is 27.5 Å². The largest absolute Gasteiger partial charge is 0.490 e. The summed E-state index contributed by atoms with van der Waals surface area (Å²) in [5, 5.41) is 13.1. The maximum absolute atomic E-state index is 14.3. The fraction of sp³-hybridized carbons (Fsp3) is 0.588. The maximum atomic E-state index is 14.3.